The van der Waals surface area contributed by atoms with E-state index in [2.05, 4.69) is 24.4 Å². The van der Waals surface area contributed by atoms with Gasteiger partial charge in [0.1, 0.15) is 5.82 Å². The highest BCUT2D eigenvalue weighted by Gasteiger charge is 2.23. The molecule has 2 aromatic rings. The molecule has 0 saturated carbocycles. The van der Waals surface area contributed by atoms with E-state index >= 15 is 0 Å². The summed E-state index contributed by atoms with van der Waals surface area (Å²) in [5, 5.41) is 4.49. The van der Waals surface area contributed by atoms with Gasteiger partial charge in [0.2, 0.25) is 0 Å². The Balaban J connectivity index is 1.64. The molecule has 1 aliphatic rings. The van der Waals surface area contributed by atoms with Crippen LogP contribution in [0.5, 0.6) is 0 Å². The standard InChI is InChI=1S/C18H19ClFN/c1-12(10-13-2-6-16(20)7-3-13)21-18-9-4-14-11-15(19)5-8-17(14)18/h2-3,5-8,11-12,18,21H,4,9-10H2,1H3. The number of nitrogens with one attached hydrogen (secondary N) is 1. The molecule has 0 radical (unpaired) electrons. The van der Waals surface area contributed by atoms with Crippen LogP contribution in [0.15, 0.2) is 42.5 Å². The molecule has 0 heterocycles. The molecule has 0 bridgehead atoms. The van der Waals surface area contributed by atoms with Crippen LogP contribution in [0, 0.1) is 5.82 Å². The summed E-state index contributed by atoms with van der Waals surface area (Å²) < 4.78 is 12.9. The van der Waals surface area contributed by atoms with Crippen LogP contribution in [0.1, 0.15) is 36.1 Å². The number of rotatable bonds is 4. The quantitative estimate of drug-likeness (QED) is 0.864. The second kappa shape index (κ2) is 6.17. The molecule has 3 heteroatoms. The summed E-state index contributed by atoms with van der Waals surface area (Å²) in [6.07, 6.45) is 3.10. The van der Waals surface area contributed by atoms with Crippen molar-refractivity contribution in [2.75, 3.05) is 0 Å². The van der Waals surface area contributed by atoms with Crippen molar-refractivity contribution >= 4 is 11.6 Å². The van der Waals surface area contributed by atoms with Crippen molar-refractivity contribution in [1.29, 1.82) is 0 Å². The summed E-state index contributed by atoms with van der Waals surface area (Å²) in [6.45, 7) is 2.18. The Labute approximate surface area is 130 Å². The van der Waals surface area contributed by atoms with Gasteiger partial charge in [0, 0.05) is 17.1 Å². The van der Waals surface area contributed by atoms with Gasteiger partial charge in [-0.2, -0.15) is 0 Å². The van der Waals surface area contributed by atoms with Crippen LogP contribution in [0.2, 0.25) is 5.02 Å². The van der Waals surface area contributed by atoms with Gasteiger partial charge in [0.05, 0.1) is 0 Å². The van der Waals surface area contributed by atoms with Gasteiger partial charge in [0.15, 0.2) is 0 Å². The third-order valence-electron chi connectivity index (χ3n) is 4.12. The second-order valence-electron chi connectivity index (χ2n) is 5.83. The van der Waals surface area contributed by atoms with Gasteiger partial charge in [-0.1, -0.05) is 29.8 Å². The van der Waals surface area contributed by atoms with Crippen LogP contribution < -0.4 is 5.32 Å². The number of aryl methyl sites for hydroxylation is 1. The first-order chi connectivity index (χ1) is 10.1. The molecule has 1 nitrogen and oxygen atoms in total. The van der Waals surface area contributed by atoms with Crippen LogP contribution in [0.25, 0.3) is 0 Å². The Morgan fingerprint density at radius 3 is 2.76 bits per heavy atom. The molecule has 0 aliphatic heterocycles. The highest BCUT2D eigenvalue weighted by molar-refractivity contribution is 6.30. The number of hydrogen-bond donors (Lipinski definition) is 1. The molecule has 3 rings (SSSR count). The van der Waals surface area contributed by atoms with Gasteiger partial charge in [-0.05, 0) is 67.1 Å². The van der Waals surface area contributed by atoms with Crippen molar-refractivity contribution in [3.8, 4) is 0 Å². The van der Waals surface area contributed by atoms with Gasteiger partial charge in [0.25, 0.3) is 0 Å². The molecule has 0 aromatic heterocycles. The lowest BCUT2D eigenvalue weighted by Crippen LogP contribution is -2.31. The fourth-order valence-electron chi connectivity index (χ4n) is 3.14. The lowest BCUT2D eigenvalue weighted by Gasteiger charge is -2.20. The topological polar surface area (TPSA) is 12.0 Å². The fourth-order valence-corrected chi connectivity index (χ4v) is 3.33. The highest BCUT2D eigenvalue weighted by Crippen LogP contribution is 2.33. The zero-order valence-electron chi connectivity index (χ0n) is 12.1. The average molecular weight is 304 g/mol. The van der Waals surface area contributed by atoms with Gasteiger partial charge in [-0.25, -0.2) is 4.39 Å². The molecular weight excluding hydrogens is 285 g/mol. The summed E-state index contributed by atoms with van der Waals surface area (Å²) >= 11 is 6.05. The Kier molecular flexibility index (Phi) is 4.27. The van der Waals surface area contributed by atoms with E-state index in [1.807, 2.05) is 18.2 Å². The van der Waals surface area contributed by atoms with E-state index in [1.165, 1.54) is 23.3 Å². The van der Waals surface area contributed by atoms with E-state index in [0.29, 0.717) is 12.1 Å². The average Bonchev–Trinajstić information content (AvgIpc) is 2.83. The first kappa shape index (κ1) is 14.6. The zero-order valence-corrected chi connectivity index (χ0v) is 12.8. The minimum Gasteiger partial charge on any atom is -0.307 e. The molecule has 21 heavy (non-hydrogen) atoms. The molecule has 1 N–H and O–H groups in total. The molecule has 0 spiro atoms. The molecular formula is C18H19ClFN. The molecule has 0 saturated heterocycles. The predicted molar refractivity (Wildman–Crippen MR) is 85.2 cm³/mol. The lowest BCUT2D eigenvalue weighted by atomic mass is 10.0. The van der Waals surface area contributed by atoms with Crippen molar-refractivity contribution in [3.05, 3.63) is 70.0 Å². The first-order valence-electron chi connectivity index (χ1n) is 7.40. The molecule has 1 aliphatic carbocycles. The van der Waals surface area contributed by atoms with Gasteiger partial charge in [-0.3, -0.25) is 0 Å². The third-order valence-corrected chi connectivity index (χ3v) is 4.36. The number of hydrogen-bond acceptors (Lipinski definition) is 1. The lowest BCUT2D eigenvalue weighted by molar-refractivity contribution is 0.451. The van der Waals surface area contributed by atoms with E-state index in [4.69, 9.17) is 11.6 Å². The maximum Gasteiger partial charge on any atom is 0.123 e. The summed E-state index contributed by atoms with van der Waals surface area (Å²) in [7, 11) is 0. The Hall–Kier alpha value is -1.38. The Morgan fingerprint density at radius 1 is 1.24 bits per heavy atom. The van der Waals surface area contributed by atoms with Crippen molar-refractivity contribution < 1.29 is 4.39 Å². The van der Waals surface area contributed by atoms with Crippen LogP contribution in [0.4, 0.5) is 4.39 Å². The van der Waals surface area contributed by atoms with Crippen molar-refractivity contribution in [2.24, 2.45) is 0 Å². The maximum absolute atomic E-state index is 12.9. The summed E-state index contributed by atoms with van der Waals surface area (Å²) in [5.41, 5.74) is 3.88. The van der Waals surface area contributed by atoms with Crippen LogP contribution in [-0.4, -0.2) is 6.04 Å². The molecule has 0 fully saturated rings. The fraction of sp³-hybridized carbons (Fsp3) is 0.333. The van der Waals surface area contributed by atoms with Crippen molar-refractivity contribution in [1.82, 2.24) is 5.32 Å². The van der Waals surface area contributed by atoms with E-state index in [0.717, 1.165) is 29.8 Å². The molecule has 2 unspecified atom stereocenters. The summed E-state index contributed by atoms with van der Waals surface area (Å²) in [4.78, 5) is 0. The highest BCUT2D eigenvalue weighted by atomic mass is 35.5. The summed E-state index contributed by atoms with van der Waals surface area (Å²) in [5.74, 6) is -0.180. The smallest absolute Gasteiger partial charge is 0.123 e. The van der Waals surface area contributed by atoms with Gasteiger partial charge < -0.3 is 5.32 Å². The number of fused-ring (bicyclic) bond motifs is 1. The molecule has 2 aromatic carbocycles. The van der Waals surface area contributed by atoms with E-state index in [-0.39, 0.29) is 5.82 Å². The van der Waals surface area contributed by atoms with E-state index < -0.39 is 0 Å². The van der Waals surface area contributed by atoms with Gasteiger partial charge >= 0.3 is 0 Å². The second-order valence-corrected chi connectivity index (χ2v) is 6.27. The normalized spacial score (nSPS) is 18.5. The summed E-state index contributed by atoms with van der Waals surface area (Å²) in [6, 6.07) is 13.7. The molecule has 0 amide bonds. The van der Waals surface area contributed by atoms with Crippen LogP contribution in [0.3, 0.4) is 0 Å². The maximum atomic E-state index is 12.9. The minimum absolute atomic E-state index is 0.180. The zero-order chi connectivity index (χ0) is 14.8. The van der Waals surface area contributed by atoms with E-state index in [9.17, 15) is 4.39 Å². The predicted octanol–water partition coefficient (Wildman–Crippen LogP) is 4.69. The monoisotopic (exact) mass is 303 g/mol. The number of halogens is 2. The van der Waals surface area contributed by atoms with Crippen molar-refractivity contribution in [2.45, 2.75) is 38.3 Å². The van der Waals surface area contributed by atoms with Gasteiger partial charge in [-0.15, -0.1) is 0 Å². The largest absolute Gasteiger partial charge is 0.307 e. The first-order valence-corrected chi connectivity index (χ1v) is 7.78. The molecule has 2 atom stereocenters. The third kappa shape index (κ3) is 3.45. The van der Waals surface area contributed by atoms with Crippen molar-refractivity contribution in [3.63, 3.8) is 0 Å². The molecule has 110 valence electrons. The number of benzene rings is 2. The van der Waals surface area contributed by atoms with E-state index in [1.54, 1.807) is 0 Å². The SMILES string of the molecule is CC(Cc1ccc(F)cc1)NC1CCc2cc(Cl)ccc21. The minimum atomic E-state index is -0.180. The van der Waals surface area contributed by atoms with Crippen LogP contribution >= 0.6 is 11.6 Å². The Bertz CT molecular complexity index is 624. The van der Waals surface area contributed by atoms with Crippen LogP contribution in [-0.2, 0) is 12.8 Å². The Morgan fingerprint density at radius 2 is 2.00 bits per heavy atom.